The summed E-state index contributed by atoms with van der Waals surface area (Å²) in [5, 5.41) is 5.06. The van der Waals surface area contributed by atoms with Crippen molar-refractivity contribution in [2.45, 2.75) is 18.9 Å². The van der Waals surface area contributed by atoms with Gasteiger partial charge in [0.25, 0.3) is 0 Å². The Labute approximate surface area is 163 Å². The van der Waals surface area contributed by atoms with Gasteiger partial charge >= 0.3 is 6.03 Å². The van der Waals surface area contributed by atoms with Crippen molar-refractivity contribution in [1.29, 1.82) is 0 Å². The Hall–Kier alpha value is -3.06. The van der Waals surface area contributed by atoms with Gasteiger partial charge in [0.1, 0.15) is 13.2 Å². The monoisotopic (exact) mass is 381 g/mol. The Morgan fingerprint density at radius 2 is 1.82 bits per heavy atom. The minimum atomic E-state index is -0.522. The van der Waals surface area contributed by atoms with Crippen LogP contribution in [-0.4, -0.2) is 43.1 Å². The Morgan fingerprint density at radius 3 is 2.64 bits per heavy atom. The van der Waals surface area contributed by atoms with Gasteiger partial charge in [-0.15, -0.1) is 0 Å². The van der Waals surface area contributed by atoms with Crippen molar-refractivity contribution in [2.24, 2.45) is 0 Å². The van der Waals surface area contributed by atoms with E-state index in [9.17, 15) is 9.59 Å². The molecule has 0 radical (unpaired) electrons. The molecule has 1 fully saturated rings. The number of hydrogen-bond donors (Lipinski definition) is 2. The molecule has 1 atom stereocenters. The number of likely N-dealkylation sites (tertiary alicyclic amines) is 1. The molecule has 1 saturated heterocycles. The maximum absolute atomic E-state index is 12.4. The summed E-state index contributed by atoms with van der Waals surface area (Å²) in [5.41, 5.74) is 1.74. The molecule has 2 aromatic carbocycles. The van der Waals surface area contributed by atoms with E-state index in [1.807, 2.05) is 36.4 Å². The molecule has 4 rings (SSSR count). The summed E-state index contributed by atoms with van der Waals surface area (Å²) < 4.78 is 11.3. The highest BCUT2D eigenvalue weighted by atomic mass is 16.6. The second-order valence-corrected chi connectivity index (χ2v) is 6.90. The van der Waals surface area contributed by atoms with Gasteiger partial charge in [-0.05, 0) is 49.2 Å². The zero-order chi connectivity index (χ0) is 19.3. The number of ether oxygens (including phenoxy) is 2. The fourth-order valence-corrected chi connectivity index (χ4v) is 3.69. The smallest absolute Gasteiger partial charge is 0.325 e. The zero-order valence-electron chi connectivity index (χ0n) is 15.5. The predicted molar refractivity (Wildman–Crippen MR) is 105 cm³/mol. The average molecular weight is 381 g/mol. The van der Waals surface area contributed by atoms with E-state index in [4.69, 9.17) is 9.47 Å². The van der Waals surface area contributed by atoms with Crippen LogP contribution in [0.5, 0.6) is 11.5 Å². The van der Waals surface area contributed by atoms with E-state index in [1.165, 1.54) is 0 Å². The van der Waals surface area contributed by atoms with Gasteiger partial charge in [0.2, 0.25) is 5.91 Å². The van der Waals surface area contributed by atoms with Crippen LogP contribution in [0.2, 0.25) is 0 Å². The number of para-hydroxylation sites is 1. The Balaban J connectivity index is 1.36. The summed E-state index contributed by atoms with van der Waals surface area (Å²) in [7, 11) is 0. The van der Waals surface area contributed by atoms with Gasteiger partial charge in [0.05, 0.1) is 6.54 Å². The fourth-order valence-electron chi connectivity index (χ4n) is 3.69. The van der Waals surface area contributed by atoms with Gasteiger partial charge < -0.3 is 14.8 Å². The van der Waals surface area contributed by atoms with E-state index in [1.54, 1.807) is 12.1 Å². The van der Waals surface area contributed by atoms with Gasteiger partial charge in [0, 0.05) is 11.7 Å². The summed E-state index contributed by atoms with van der Waals surface area (Å²) in [4.78, 5) is 26.5. The van der Waals surface area contributed by atoms with Gasteiger partial charge in [-0.3, -0.25) is 15.0 Å². The van der Waals surface area contributed by atoms with Crippen LogP contribution < -0.4 is 20.1 Å². The molecular weight excluding hydrogens is 358 g/mol. The maximum Gasteiger partial charge on any atom is 0.325 e. The molecule has 0 unspecified atom stereocenters. The van der Waals surface area contributed by atoms with Crippen molar-refractivity contribution in [2.75, 3.05) is 31.6 Å². The largest absolute Gasteiger partial charge is 0.486 e. The quantitative estimate of drug-likeness (QED) is 0.851. The Bertz CT molecular complexity index is 856. The Morgan fingerprint density at radius 1 is 1.04 bits per heavy atom. The van der Waals surface area contributed by atoms with Crippen molar-refractivity contribution in [3.05, 3.63) is 54.1 Å². The van der Waals surface area contributed by atoms with E-state index in [0.29, 0.717) is 18.9 Å². The third-order valence-corrected chi connectivity index (χ3v) is 4.95. The van der Waals surface area contributed by atoms with Crippen molar-refractivity contribution >= 4 is 17.6 Å². The number of hydrogen-bond acceptors (Lipinski definition) is 5. The highest BCUT2D eigenvalue weighted by Gasteiger charge is 2.29. The molecule has 2 aliphatic rings. The summed E-state index contributed by atoms with van der Waals surface area (Å²) in [6.45, 7) is 2.09. The highest BCUT2D eigenvalue weighted by Crippen LogP contribution is 2.37. The third kappa shape index (κ3) is 4.26. The predicted octanol–water partition coefficient (Wildman–Crippen LogP) is 2.94. The molecule has 2 aromatic rings. The molecular formula is C21H23N3O4. The lowest BCUT2D eigenvalue weighted by Gasteiger charge is -2.26. The molecule has 3 amide bonds. The molecule has 7 nitrogen and oxygen atoms in total. The second-order valence-electron chi connectivity index (χ2n) is 6.90. The number of benzene rings is 2. The van der Waals surface area contributed by atoms with E-state index < -0.39 is 6.03 Å². The molecule has 0 aromatic heterocycles. The number of nitrogens with zero attached hydrogens (tertiary/aromatic N) is 1. The first kappa shape index (κ1) is 18.3. The first-order chi connectivity index (χ1) is 13.7. The molecule has 0 spiro atoms. The van der Waals surface area contributed by atoms with E-state index in [0.717, 1.165) is 36.4 Å². The van der Waals surface area contributed by atoms with Crippen LogP contribution in [0.1, 0.15) is 24.4 Å². The number of carbonyl (C=O) groups is 2. The number of carbonyl (C=O) groups excluding carboxylic acids is 2. The van der Waals surface area contributed by atoms with Crippen LogP contribution in [-0.2, 0) is 4.79 Å². The standard InChI is InChI=1S/C21H23N3O4/c25-20(23-21(26)22-16-5-2-1-3-6-16)14-24-10-4-7-17(24)15-8-9-18-19(13-15)28-12-11-27-18/h1-3,5-6,8-9,13,17H,4,7,10-12,14H2,(H2,22,23,25,26)/t17-/m1/s1. The van der Waals surface area contributed by atoms with Crippen LogP contribution in [0.15, 0.2) is 48.5 Å². The van der Waals surface area contributed by atoms with E-state index >= 15 is 0 Å². The number of imide groups is 1. The van der Waals surface area contributed by atoms with Crippen molar-refractivity contribution in [1.82, 2.24) is 10.2 Å². The molecule has 7 heteroatoms. The zero-order valence-corrected chi connectivity index (χ0v) is 15.5. The average Bonchev–Trinajstić information content (AvgIpc) is 3.16. The van der Waals surface area contributed by atoms with Gasteiger partial charge in [-0.25, -0.2) is 4.79 Å². The lowest BCUT2D eigenvalue weighted by molar-refractivity contribution is -0.121. The van der Waals surface area contributed by atoms with Crippen LogP contribution in [0.3, 0.4) is 0 Å². The number of urea groups is 1. The first-order valence-electron chi connectivity index (χ1n) is 9.48. The van der Waals surface area contributed by atoms with Gasteiger partial charge in [-0.2, -0.15) is 0 Å². The van der Waals surface area contributed by atoms with Crippen LogP contribution >= 0.6 is 0 Å². The Kier molecular flexibility index (Phi) is 5.43. The van der Waals surface area contributed by atoms with Gasteiger partial charge in [-0.1, -0.05) is 24.3 Å². The van der Waals surface area contributed by atoms with Crippen molar-refractivity contribution in [3.8, 4) is 11.5 Å². The maximum atomic E-state index is 12.4. The molecule has 146 valence electrons. The number of nitrogens with one attached hydrogen (secondary N) is 2. The van der Waals surface area contributed by atoms with Crippen LogP contribution in [0.25, 0.3) is 0 Å². The minimum absolute atomic E-state index is 0.124. The molecule has 2 heterocycles. The highest BCUT2D eigenvalue weighted by molar-refractivity contribution is 6.01. The van der Waals surface area contributed by atoms with Crippen molar-refractivity contribution in [3.63, 3.8) is 0 Å². The molecule has 0 saturated carbocycles. The molecule has 0 bridgehead atoms. The number of fused-ring (bicyclic) bond motifs is 1. The van der Waals surface area contributed by atoms with Crippen molar-refractivity contribution < 1.29 is 19.1 Å². The topological polar surface area (TPSA) is 79.9 Å². The van der Waals surface area contributed by atoms with E-state index in [-0.39, 0.29) is 18.5 Å². The molecule has 2 N–H and O–H groups in total. The molecule has 2 aliphatic heterocycles. The summed E-state index contributed by atoms with van der Waals surface area (Å²) in [5.74, 6) is 1.19. The number of rotatable bonds is 4. The SMILES string of the molecule is O=C(CN1CCC[C@@H]1c1ccc2c(c1)OCCO2)NC(=O)Nc1ccccc1. The number of amides is 3. The summed E-state index contributed by atoms with van der Waals surface area (Å²) in [6.07, 6.45) is 1.96. The minimum Gasteiger partial charge on any atom is -0.486 e. The van der Waals surface area contributed by atoms with Crippen LogP contribution in [0.4, 0.5) is 10.5 Å². The third-order valence-electron chi connectivity index (χ3n) is 4.95. The summed E-state index contributed by atoms with van der Waals surface area (Å²) in [6, 6.07) is 14.6. The molecule has 0 aliphatic carbocycles. The van der Waals surface area contributed by atoms with Gasteiger partial charge in [0.15, 0.2) is 11.5 Å². The summed E-state index contributed by atoms with van der Waals surface area (Å²) >= 11 is 0. The lowest BCUT2D eigenvalue weighted by atomic mass is 10.0. The normalized spacial score (nSPS) is 18.5. The lowest BCUT2D eigenvalue weighted by Crippen LogP contribution is -2.41. The second kappa shape index (κ2) is 8.31. The van der Waals surface area contributed by atoms with Crippen LogP contribution in [0, 0.1) is 0 Å². The number of anilines is 1. The van der Waals surface area contributed by atoms with E-state index in [2.05, 4.69) is 15.5 Å². The molecule has 28 heavy (non-hydrogen) atoms. The fraction of sp³-hybridized carbons (Fsp3) is 0.333. The first-order valence-corrected chi connectivity index (χ1v) is 9.48.